The molecule has 1 heterocycles. The second kappa shape index (κ2) is 9.72. The maximum Gasteiger partial charge on any atom is 0.225 e. The number of rotatable bonds is 6. The van der Waals surface area contributed by atoms with Gasteiger partial charge in [0.15, 0.2) is 0 Å². The summed E-state index contributed by atoms with van der Waals surface area (Å²) in [5.41, 5.74) is 0.943. The first-order valence-electron chi connectivity index (χ1n) is 9.68. The summed E-state index contributed by atoms with van der Waals surface area (Å²) < 4.78 is 0. The van der Waals surface area contributed by atoms with Crippen molar-refractivity contribution < 1.29 is 9.59 Å². The molecule has 0 unspecified atom stereocenters. The minimum atomic E-state index is -0.378. The minimum absolute atomic E-state index is 0.0382. The summed E-state index contributed by atoms with van der Waals surface area (Å²) in [6, 6.07) is 10.5. The van der Waals surface area contributed by atoms with Crippen LogP contribution in [-0.4, -0.2) is 54.3 Å². The van der Waals surface area contributed by atoms with Gasteiger partial charge in [-0.2, -0.15) is 0 Å². The fraction of sp³-hybridized carbons (Fsp3) is 0.619. The topological polar surface area (TPSA) is 52.7 Å². The van der Waals surface area contributed by atoms with Crippen molar-refractivity contribution in [1.82, 2.24) is 15.1 Å². The van der Waals surface area contributed by atoms with E-state index in [9.17, 15) is 9.59 Å². The van der Waals surface area contributed by atoms with Crippen LogP contribution in [0.15, 0.2) is 30.3 Å². The van der Waals surface area contributed by atoms with E-state index < -0.39 is 0 Å². The molecule has 0 radical (unpaired) electrons. The molecule has 0 bridgehead atoms. The highest BCUT2D eigenvalue weighted by molar-refractivity contribution is 5.81. The molecule has 144 valence electrons. The molecule has 2 amide bonds. The molecule has 1 aromatic rings. The van der Waals surface area contributed by atoms with Crippen LogP contribution in [0.3, 0.4) is 0 Å². The lowest BCUT2D eigenvalue weighted by atomic mass is 9.96. The van der Waals surface area contributed by atoms with Crippen molar-refractivity contribution in [3.05, 3.63) is 35.9 Å². The summed E-state index contributed by atoms with van der Waals surface area (Å²) in [5, 5.41) is 2.91. The van der Waals surface area contributed by atoms with Crippen molar-refractivity contribution in [3.8, 4) is 0 Å². The molecule has 1 aromatic carbocycles. The second-order valence-electron chi connectivity index (χ2n) is 8.11. The zero-order chi connectivity index (χ0) is 19.0. The number of amides is 2. The van der Waals surface area contributed by atoms with Crippen LogP contribution in [0.2, 0.25) is 0 Å². The molecule has 5 nitrogen and oxygen atoms in total. The van der Waals surface area contributed by atoms with Gasteiger partial charge in [0, 0.05) is 51.1 Å². The highest BCUT2D eigenvalue weighted by Crippen LogP contribution is 2.13. The van der Waals surface area contributed by atoms with Crippen molar-refractivity contribution in [1.29, 1.82) is 0 Å². The van der Waals surface area contributed by atoms with Crippen LogP contribution in [0.1, 0.15) is 45.6 Å². The summed E-state index contributed by atoms with van der Waals surface area (Å²) in [7, 11) is 0. The summed E-state index contributed by atoms with van der Waals surface area (Å²) >= 11 is 0. The molecule has 1 N–H and O–H groups in total. The zero-order valence-corrected chi connectivity index (χ0v) is 16.5. The van der Waals surface area contributed by atoms with Crippen molar-refractivity contribution >= 4 is 11.8 Å². The Kier molecular flexibility index (Phi) is 7.64. The molecule has 0 saturated carbocycles. The molecule has 0 spiro atoms. The van der Waals surface area contributed by atoms with Crippen LogP contribution in [0.25, 0.3) is 0 Å². The third-order valence-electron chi connectivity index (χ3n) is 4.72. The van der Waals surface area contributed by atoms with Gasteiger partial charge in [0.2, 0.25) is 11.8 Å². The zero-order valence-electron chi connectivity index (χ0n) is 16.5. The highest BCUT2D eigenvalue weighted by Gasteiger charge is 2.21. The Morgan fingerprint density at radius 3 is 2.46 bits per heavy atom. The molecular weight excluding hydrogens is 326 g/mol. The Morgan fingerprint density at radius 1 is 1.04 bits per heavy atom. The average Bonchev–Trinajstić information content (AvgIpc) is 2.84. The molecule has 1 fully saturated rings. The van der Waals surface area contributed by atoms with Crippen LogP contribution in [0.5, 0.6) is 0 Å². The fourth-order valence-electron chi connectivity index (χ4n) is 3.08. The Hall–Kier alpha value is -1.88. The Labute approximate surface area is 157 Å². The van der Waals surface area contributed by atoms with E-state index in [0.717, 1.165) is 39.1 Å². The summed E-state index contributed by atoms with van der Waals surface area (Å²) in [4.78, 5) is 28.7. The van der Waals surface area contributed by atoms with E-state index in [1.165, 1.54) is 5.56 Å². The van der Waals surface area contributed by atoms with Gasteiger partial charge in [-0.15, -0.1) is 0 Å². The van der Waals surface area contributed by atoms with Gasteiger partial charge < -0.3 is 10.2 Å². The van der Waals surface area contributed by atoms with Gasteiger partial charge in [-0.1, -0.05) is 51.1 Å². The van der Waals surface area contributed by atoms with Crippen LogP contribution in [0, 0.1) is 5.41 Å². The highest BCUT2D eigenvalue weighted by atomic mass is 16.2. The second-order valence-corrected chi connectivity index (χ2v) is 8.11. The first kappa shape index (κ1) is 20.4. The molecule has 0 atom stereocenters. The first-order chi connectivity index (χ1) is 12.4. The summed E-state index contributed by atoms with van der Waals surface area (Å²) in [6.45, 7) is 10.8. The van der Waals surface area contributed by atoms with Crippen LogP contribution < -0.4 is 5.32 Å². The number of carbonyl (C=O) groups is 2. The molecule has 0 aromatic heterocycles. The molecule has 26 heavy (non-hydrogen) atoms. The fourth-order valence-corrected chi connectivity index (χ4v) is 3.08. The summed E-state index contributed by atoms with van der Waals surface area (Å²) in [6.07, 6.45) is 2.22. The quantitative estimate of drug-likeness (QED) is 0.795. The monoisotopic (exact) mass is 359 g/mol. The number of hydrogen-bond acceptors (Lipinski definition) is 3. The summed E-state index contributed by atoms with van der Waals surface area (Å²) in [5.74, 6) is 0.243. The van der Waals surface area contributed by atoms with Crippen molar-refractivity contribution in [2.24, 2.45) is 5.41 Å². The molecule has 5 heteroatoms. The molecule has 1 aliphatic heterocycles. The third kappa shape index (κ3) is 6.79. The molecular formula is C21H33N3O2. The molecule has 0 aliphatic carbocycles. The molecule has 1 saturated heterocycles. The number of benzene rings is 1. The standard InChI is InChI=1S/C21H33N3O2/c1-21(2,3)20(26)22-12-7-11-19(25)24-14-8-13-23(15-16-24)17-18-9-5-4-6-10-18/h4-6,9-10H,7-8,11-17H2,1-3H3,(H,22,26). The van der Waals surface area contributed by atoms with Crippen LogP contribution in [-0.2, 0) is 16.1 Å². The van der Waals surface area contributed by atoms with Crippen molar-refractivity contribution in [3.63, 3.8) is 0 Å². The van der Waals surface area contributed by atoms with E-state index in [4.69, 9.17) is 0 Å². The lowest BCUT2D eigenvalue weighted by Gasteiger charge is -2.22. The van der Waals surface area contributed by atoms with E-state index in [0.29, 0.717) is 19.4 Å². The number of hydrogen-bond donors (Lipinski definition) is 1. The maximum atomic E-state index is 12.5. The Bertz CT molecular complexity index is 581. The smallest absolute Gasteiger partial charge is 0.225 e. The lowest BCUT2D eigenvalue weighted by Crippen LogP contribution is -2.37. The van der Waals surface area contributed by atoms with Gasteiger partial charge in [0.05, 0.1) is 0 Å². The molecule has 2 rings (SSSR count). The Balaban J connectivity index is 1.69. The van der Waals surface area contributed by atoms with E-state index in [2.05, 4.69) is 34.5 Å². The van der Waals surface area contributed by atoms with E-state index in [1.807, 2.05) is 31.7 Å². The van der Waals surface area contributed by atoms with Gasteiger partial charge in [0.25, 0.3) is 0 Å². The largest absolute Gasteiger partial charge is 0.356 e. The van der Waals surface area contributed by atoms with E-state index in [-0.39, 0.29) is 17.2 Å². The Morgan fingerprint density at radius 2 is 1.77 bits per heavy atom. The van der Waals surface area contributed by atoms with Gasteiger partial charge in [-0.05, 0) is 18.4 Å². The van der Waals surface area contributed by atoms with E-state index >= 15 is 0 Å². The number of carbonyl (C=O) groups excluding carboxylic acids is 2. The minimum Gasteiger partial charge on any atom is -0.356 e. The average molecular weight is 360 g/mol. The van der Waals surface area contributed by atoms with Crippen LogP contribution in [0.4, 0.5) is 0 Å². The van der Waals surface area contributed by atoms with Gasteiger partial charge in [-0.25, -0.2) is 0 Å². The lowest BCUT2D eigenvalue weighted by molar-refractivity contribution is -0.132. The number of nitrogens with one attached hydrogen (secondary N) is 1. The van der Waals surface area contributed by atoms with E-state index in [1.54, 1.807) is 0 Å². The number of nitrogens with zero attached hydrogens (tertiary/aromatic N) is 2. The van der Waals surface area contributed by atoms with Crippen LogP contribution >= 0.6 is 0 Å². The SMILES string of the molecule is CC(C)(C)C(=O)NCCCC(=O)N1CCCN(Cc2ccccc2)CC1. The van der Waals surface area contributed by atoms with Crippen molar-refractivity contribution in [2.75, 3.05) is 32.7 Å². The van der Waals surface area contributed by atoms with Gasteiger partial charge >= 0.3 is 0 Å². The third-order valence-corrected chi connectivity index (χ3v) is 4.72. The predicted octanol–water partition coefficient (Wildman–Crippen LogP) is 2.66. The first-order valence-corrected chi connectivity index (χ1v) is 9.68. The normalized spacial score (nSPS) is 16.2. The van der Waals surface area contributed by atoms with Gasteiger partial charge in [-0.3, -0.25) is 14.5 Å². The van der Waals surface area contributed by atoms with Crippen molar-refractivity contribution in [2.45, 2.75) is 46.6 Å². The predicted molar refractivity (Wildman–Crippen MR) is 105 cm³/mol. The maximum absolute atomic E-state index is 12.5. The molecule has 1 aliphatic rings. The van der Waals surface area contributed by atoms with Gasteiger partial charge in [0.1, 0.15) is 0 Å².